The summed E-state index contributed by atoms with van der Waals surface area (Å²) in [6.45, 7) is 4.77. The molecule has 0 radical (unpaired) electrons. The van der Waals surface area contributed by atoms with Gasteiger partial charge in [-0.15, -0.1) is 0 Å². The van der Waals surface area contributed by atoms with Crippen molar-refractivity contribution in [3.8, 4) is 22.5 Å². The van der Waals surface area contributed by atoms with E-state index in [0.717, 1.165) is 24.3 Å². The number of carbonyl (C=O) groups is 1. The molecule has 0 unspecified atom stereocenters. The molecular weight excluding hydrogens is 455 g/mol. The normalized spacial score (nSPS) is 12.2. The zero-order valence-corrected chi connectivity index (χ0v) is 18.3. The van der Waals surface area contributed by atoms with Gasteiger partial charge in [0.05, 0.1) is 28.8 Å². The van der Waals surface area contributed by atoms with Crippen LogP contribution in [0.2, 0.25) is 0 Å². The van der Waals surface area contributed by atoms with Crippen molar-refractivity contribution in [2.75, 3.05) is 5.32 Å². The predicted molar refractivity (Wildman–Crippen MR) is 117 cm³/mol. The van der Waals surface area contributed by atoms with E-state index in [1.54, 1.807) is 20.8 Å². The molecule has 0 saturated heterocycles. The average molecular weight is 474 g/mol. The van der Waals surface area contributed by atoms with Gasteiger partial charge in [0.15, 0.2) is 5.65 Å². The lowest BCUT2D eigenvalue weighted by Gasteiger charge is -2.20. The van der Waals surface area contributed by atoms with Crippen LogP contribution in [0, 0.1) is 17.0 Å². The number of hydrogen-bond donors (Lipinski definition) is 1. The molecule has 0 aliphatic heterocycles. The first-order valence-electron chi connectivity index (χ1n) is 10.2. The van der Waals surface area contributed by atoms with Crippen molar-refractivity contribution in [1.82, 2.24) is 14.6 Å². The maximum absolute atomic E-state index is 14.1. The van der Waals surface area contributed by atoms with Crippen LogP contribution in [-0.2, 0) is 11.0 Å². The Morgan fingerprint density at radius 1 is 0.941 bits per heavy atom. The second-order valence-corrected chi connectivity index (χ2v) is 8.73. The van der Waals surface area contributed by atoms with Gasteiger partial charge in [0.1, 0.15) is 11.6 Å². The molecule has 34 heavy (non-hydrogen) atoms. The van der Waals surface area contributed by atoms with E-state index in [1.165, 1.54) is 35.0 Å². The van der Waals surface area contributed by atoms with Crippen molar-refractivity contribution >= 4 is 17.2 Å². The Labute approximate surface area is 191 Å². The van der Waals surface area contributed by atoms with E-state index < -0.39 is 40.4 Å². The summed E-state index contributed by atoms with van der Waals surface area (Å²) < 4.78 is 69.6. The van der Waals surface area contributed by atoms with E-state index in [-0.39, 0.29) is 17.0 Å². The van der Waals surface area contributed by atoms with Gasteiger partial charge in [-0.25, -0.2) is 18.3 Å². The fourth-order valence-electron chi connectivity index (χ4n) is 3.22. The van der Waals surface area contributed by atoms with Crippen LogP contribution in [0.15, 0.2) is 54.7 Å². The third-order valence-corrected chi connectivity index (χ3v) is 5.07. The lowest BCUT2D eigenvalue weighted by atomic mass is 9.95. The number of hydrogen-bond acceptors (Lipinski definition) is 3. The monoisotopic (exact) mass is 474 g/mol. The number of rotatable bonds is 3. The summed E-state index contributed by atoms with van der Waals surface area (Å²) in [6.07, 6.45) is -3.22. The zero-order chi connectivity index (χ0) is 24.8. The quantitative estimate of drug-likeness (QED) is 0.352. The minimum atomic E-state index is -4.68. The maximum Gasteiger partial charge on any atom is 0.418 e. The molecule has 0 aliphatic rings. The van der Waals surface area contributed by atoms with Crippen LogP contribution in [0.4, 0.5) is 27.6 Å². The van der Waals surface area contributed by atoms with Crippen LogP contribution < -0.4 is 5.32 Å². The first-order valence-corrected chi connectivity index (χ1v) is 10.2. The molecule has 10 heteroatoms. The summed E-state index contributed by atoms with van der Waals surface area (Å²) >= 11 is 0. The van der Waals surface area contributed by atoms with Crippen molar-refractivity contribution < 1.29 is 26.7 Å². The molecule has 176 valence electrons. The lowest BCUT2D eigenvalue weighted by molar-refractivity contribution is -0.137. The van der Waals surface area contributed by atoms with Crippen molar-refractivity contribution in [2.24, 2.45) is 5.41 Å². The van der Waals surface area contributed by atoms with Gasteiger partial charge in [0, 0.05) is 16.5 Å². The number of amides is 1. The largest absolute Gasteiger partial charge is 0.418 e. The molecule has 0 aliphatic carbocycles. The zero-order valence-electron chi connectivity index (χ0n) is 18.3. The Kier molecular flexibility index (Phi) is 5.63. The first-order chi connectivity index (χ1) is 15.8. The van der Waals surface area contributed by atoms with Crippen molar-refractivity contribution in [3.05, 3.63) is 71.9 Å². The third-order valence-electron chi connectivity index (χ3n) is 5.07. The van der Waals surface area contributed by atoms with Crippen LogP contribution >= 0.6 is 0 Å². The minimum Gasteiger partial charge on any atom is -0.325 e. The summed E-state index contributed by atoms with van der Waals surface area (Å²) in [4.78, 5) is 16.7. The maximum atomic E-state index is 14.1. The molecular formula is C24H19F5N4O. The molecule has 0 fully saturated rings. The van der Waals surface area contributed by atoms with E-state index in [0.29, 0.717) is 11.2 Å². The lowest BCUT2D eigenvalue weighted by Crippen LogP contribution is -2.28. The SMILES string of the molecule is CC(C)(C)C(=O)Nc1cc(-c2cn3nc(-c4cc(F)ccc4F)ccc3n2)ccc1C(F)(F)F. The van der Waals surface area contributed by atoms with Gasteiger partial charge in [-0.1, -0.05) is 26.8 Å². The molecule has 2 aromatic heterocycles. The van der Waals surface area contributed by atoms with Gasteiger partial charge in [0.25, 0.3) is 0 Å². The molecule has 2 aromatic carbocycles. The number of fused-ring (bicyclic) bond motifs is 1. The van der Waals surface area contributed by atoms with Gasteiger partial charge in [-0.2, -0.15) is 18.3 Å². The van der Waals surface area contributed by atoms with E-state index in [2.05, 4.69) is 15.4 Å². The third kappa shape index (κ3) is 4.61. The summed E-state index contributed by atoms with van der Waals surface area (Å²) in [5.74, 6) is -1.86. The van der Waals surface area contributed by atoms with E-state index in [4.69, 9.17) is 0 Å². The Hall–Kier alpha value is -3.82. The molecule has 1 amide bonds. The van der Waals surface area contributed by atoms with Crippen LogP contribution in [-0.4, -0.2) is 20.5 Å². The Balaban J connectivity index is 1.77. The van der Waals surface area contributed by atoms with Gasteiger partial charge in [0.2, 0.25) is 5.91 Å². The highest BCUT2D eigenvalue weighted by Gasteiger charge is 2.35. The van der Waals surface area contributed by atoms with Crippen molar-refractivity contribution in [1.29, 1.82) is 0 Å². The van der Waals surface area contributed by atoms with Crippen molar-refractivity contribution in [2.45, 2.75) is 26.9 Å². The van der Waals surface area contributed by atoms with Crippen LogP contribution in [0.1, 0.15) is 26.3 Å². The van der Waals surface area contributed by atoms with Gasteiger partial charge in [-0.3, -0.25) is 4.79 Å². The number of alkyl halides is 3. The fraction of sp³-hybridized carbons (Fsp3) is 0.208. The molecule has 0 spiro atoms. The average Bonchev–Trinajstić information content (AvgIpc) is 3.17. The second kappa shape index (κ2) is 8.19. The van der Waals surface area contributed by atoms with Gasteiger partial charge in [-0.05, 0) is 42.5 Å². The summed E-state index contributed by atoms with van der Waals surface area (Å²) in [6, 6.07) is 9.30. The summed E-state index contributed by atoms with van der Waals surface area (Å²) in [5.41, 5.74) is -1.25. The van der Waals surface area contributed by atoms with E-state index in [9.17, 15) is 26.7 Å². The number of aromatic nitrogens is 3. The molecule has 1 N–H and O–H groups in total. The number of carbonyl (C=O) groups excluding carboxylic acids is 1. The first kappa shape index (κ1) is 23.3. The highest BCUT2D eigenvalue weighted by molar-refractivity contribution is 5.96. The number of halogens is 5. The number of nitrogens with one attached hydrogen (secondary N) is 1. The van der Waals surface area contributed by atoms with Crippen LogP contribution in [0.3, 0.4) is 0 Å². The number of anilines is 1. The Morgan fingerprint density at radius 3 is 2.35 bits per heavy atom. The second-order valence-electron chi connectivity index (χ2n) is 8.73. The summed E-state index contributed by atoms with van der Waals surface area (Å²) in [7, 11) is 0. The van der Waals surface area contributed by atoms with E-state index >= 15 is 0 Å². The Bertz CT molecular complexity index is 1400. The van der Waals surface area contributed by atoms with Gasteiger partial charge >= 0.3 is 6.18 Å². The van der Waals surface area contributed by atoms with E-state index in [1.807, 2.05) is 0 Å². The predicted octanol–water partition coefficient (Wildman–Crippen LogP) is 6.34. The Morgan fingerprint density at radius 2 is 1.68 bits per heavy atom. The highest BCUT2D eigenvalue weighted by atomic mass is 19.4. The standard InChI is InChI=1S/C24H19F5N4O/c1-23(2,3)22(34)31-19-10-13(4-6-16(19)24(27,28)29)20-12-33-21(30-20)9-8-18(32-33)15-11-14(25)5-7-17(15)26/h4-12H,1-3H3,(H,31,34). The van der Waals surface area contributed by atoms with Gasteiger partial charge < -0.3 is 5.32 Å². The smallest absolute Gasteiger partial charge is 0.325 e. The van der Waals surface area contributed by atoms with Crippen LogP contribution in [0.5, 0.6) is 0 Å². The number of imidazole rings is 1. The molecule has 4 aromatic rings. The topological polar surface area (TPSA) is 59.3 Å². The number of benzene rings is 2. The number of nitrogens with zero attached hydrogens (tertiary/aromatic N) is 3. The molecule has 5 nitrogen and oxygen atoms in total. The minimum absolute atomic E-state index is 0.0427. The fourth-order valence-corrected chi connectivity index (χ4v) is 3.22. The summed E-state index contributed by atoms with van der Waals surface area (Å²) in [5, 5.41) is 6.61. The molecule has 0 bridgehead atoms. The van der Waals surface area contributed by atoms with Crippen molar-refractivity contribution in [3.63, 3.8) is 0 Å². The molecule has 2 heterocycles. The van der Waals surface area contributed by atoms with Crippen LogP contribution in [0.25, 0.3) is 28.2 Å². The molecule has 4 rings (SSSR count). The molecule has 0 atom stereocenters. The highest BCUT2D eigenvalue weighted by Crippen LogP contribution is 2.38. The molecule has 0 saturated carbocycles.